The van der Waals surface area contributed by atoms with Gasteiger partial charge in [-0.15, -0.1) is 0 Å². The maximum absolute atomic E-state index is 13.7. The highest BCUT2D eigenvalue weighted by atomic mass is 35.5. The predicted octanol–water partition coefficient (Wildman–Crippen LogP) is 4.36. The van der Waals surface area contributed by atoms with E-state index in [4.69, 9.17) is 11.6 Å². The minimum atomic E-state index is -0.111. The van der Waals surface area contributed by atoms with Crippen LogP contribution in [0.2, 0.25) is 5.02 Å². The molecule has 4 nitrogen and oxygen atoms in total. The van der Waals surface area contributed by atoms with Gasteiger partial charge in [0.2, 0.25) is 5.13 Å². The highest BCUT2D eigenvalue weighted by Crippen LogP contribution is 2.25. The van der Waals surface area contributed by atoms with Gasteiger partial charge in [0.15, 0.2) is 5.82 Å². The van der Waals surface area contributed by atoms with E-state index in [1.165, 1.54) is 17.6 Å². The monoisotopic (exact) mass is 402 g/mol. The molecule has 0 aliphatic carbocycles. The Kier molecular flexibility index (Phi) is 5.66. The summed E-state index contributed by atoms with van der Waals surface area (Å²) in [5, 5.41) is 1.66. The number of benzene rings is 2. The summed E-state index contributed by atoms with van der Waals surface area (Å²) in [5.41, 5.74) is 1.77. The average Bonchev–Trinajstić information content (AvgIpc) is 3.18. The number of aromatic nitrogens is 2. The summed E-state index contributed by atoms with van der Waals surface area (Å²) >= 11 is 7.37. The lowest BCUT2D eigenvalue weighted by molar-refractivity contribution is 0.260. The Labute approximate surface area is 167 Å². The van der Waals surface area contributed by atoms with Gasteiger partial charge in [0.05, 0.1) is 0 Å². The topological polar surface area (TPSA) is 32.3 Å². The molecule has 140 valence electrons. The molecule has 1 saturated heterocycles. The fourth-order valence-electron chi connectivity index (χ4n) is 3.20. The lowest BCUT2D eigenvalue weighted by Crippen LogP contribution is -2.47. The molecule has 3 aromatic rings. The Morgan fingerprint density at radius 2 is 1.74 bits per heavy atom. The fraction of sp³-hybridized carbons (Fsp3) is 0.300. The van der Waals surface area contributed by atoms with Crippen molar-refractivity contribution in [1.29, 1.82) is 0 Å². The summed E-state index contributed by atoms with van der Waals surface area (Å²) < 4.78 is 18.2. The molecule has 7 heteroatoms. The number of anilines is 1. The molecule has 0 radical (unpaired) electrons. The van der Waals surface area contributed by atoms with Crippen LogP contribution in [0.1, 0.15) is 5.56 Å². The van der Waals surface area contributed by atoms with Crippen molar-refractivity contribution in [2.45, 2.75) is 6.42 Å². The summed E-state index contributed by atoms with van der Waals surface area (Å²) in [6.45, 7) is 4.59. The van der Waals surface area contributed by atoms with Gasteiger partial charge in [-0.05, 0) is 42.3 Å². The third-order valence-electron chi connectivity index (χ3n) is 4.82. The number of rotatable bonds is 5. The Balaban J connectivity index is 1.32. The highest BCUT2D eigenvalue weighted by Gasteiger charge is 2.20. The second-order valence-electron chi connectivity index (χ2n) is 6.58. The first-order valence-electron chi connectivity index (χ1n) is 8.99. The van der Waals surface area contributed by atoms with Gasteiger partial charge in [0.25, 0.3) is 0 Å². The molecular weight excluding hydrogens is 383 g/mol. The maximum Gasteiger partial charge on any atom is 0.205 e. The average molecular weight is 403 g/mol. The number of hydrogen-bond acceptors (Lipinski definition) is 5. The van der Waals surface area contributed by atoms with Crippen LogP contribution in [0.4, 0.5) is 9.52 Å². The van der Waals surface area contributed by atoms with Crippen LogP contribution in [0.25, 0.3) is 11.4 Å². The first-order valence-corrected chi connectivity index (χ1v) is 10.1. The largest absolute Gasteiger partial charge is 0.344 e. The van der Waals surface area contributed by atoms with Crippen molar-refractivity contribution >= 4 is 28.3 Å². The van der Waals surface area contributed by atoms with Crippen molar-refractivity contribution in [3.63, 3.8) is 0 Å². The Bertz CT molecular complexity index is 891. The third-order valence-corrected chi connectivity index (χ3v) is 5.84. The van der Waals surface area contributed by atoms with E-state index in [9.17, 15) is 4.39 Å². The first-order chi connectivity index (χ1) is 13.2. The Hall–Kier alpha value is -2.02. The van der Waals surface area contributed by atoms with Crippen LogP contribution in [0.3, 0.4) is 0 Å². The summed E-state index contributed by atoms with van der Waals surface area (Å²) in [7, 11) is 0. The van der Waals surface area contributed by atoms with Gasteiger partial charge in [0.1, 0.15) is 5.82 Å². The quantitative estimate of drug-likeness (QED) is 0.634. The van der Waals surface area contributed by atoms with Gasteiger partial charge < -0.3 is 4.90 Å². The first kappa shape index (κ1) is 18.3. The van der Waals surface area contributed by atoms with Crippen LogP contribution in [0.15, 0.2) is 48.5 Å². The molecule has 0 N–H and O–H groups in total. The molecule has 1 fully saturated rings. The third kappa shape index (κ3) is 4.46. The van der Waals surface area contributed by atoms with Crippen LogP contribution in [0, 0.1) is 5.82 Å². The summed E-state index contributed by atoms with van der Waals surface area (Å²) in [4.78, 5) is 9.34. The van der Waals surface area contributed by atoms with Gasteiger partial charge in [-0.2, -0.15) is 9.36 Å². The Morgan fingerprint density at radius 3 is 2.48 bits per heavy atom. The minimum absolute atomic E-state index is 0.111. The second-order valence-corrected chi connectivity index (χ2v) is 7.74. The smallest absolute Gasteiger partial charge is 0.205 e. The maximum atomic E-state index is 13.7. The van der Waals surface area contributed by atoms with E-state index in [0.29, 0.717) is 5.02 Å². The second kappa shape index (κ2) is 8.33. The Morgan fingerprint density at radius 1 is 1.00 bits per heavy atom. The summed E-state index contributed by atoms with van der Waals surface area (Å²) in [6, 6.07) is 14.6. The van der Waals surface area contributed by atoms with E-state index >= 15 is 0 Å². The molecule has 1 aromatic heterocycles. The molecule has 1 aliphatic heterocycles. The molecule has 0 bridgehead atoms. The molecule has 2 aromatic carbocycles. The van der Waals surface area contributed by atoms with Crippen LogP contribution in [-0.2, 0) is 6.42 Å². The molecule has 0 amide bonds. The fourth-order valence-corrected chi connectivity index (χ4v) is 4.07. The van der Waals surface area contributed by atoms with E-state index < -0.39 is 0 Å². The van der Waals surface area contributed by atoms with Gasteiger partial charge in [-0.3, -0.25) is 4.90 Å². The molecule has 27 heavy (non-hydrogen) atoms. The van der Waals surface area contributed by atoms with Crippen molar-refractivity contribution in [3.05, 3.63) is 64.9 Å². The standard InChI is InChI=1S/C20H20ClFN4S/c21-17-7-5-16(6-8-17)19-23-20(27-24-19)26-13-11-25(12-14-26)10-9-15-3-1-2-4-18(15)22/h1-8H,9-14H2. The lowest BCUT2D eigenvalue weighted by atomic mass is 10.1. The van der Waals surface area contributed by atoms with Crippen LogP contribution in [-0.4, -0.2) is 47.0 Å². The minimum Gasteiger partial charge on any atom is -0.344 e. The zero-order valence-corrected chi connectivity index (χ0v) is 16.4. The molecule has 4 rings (SSSR count). The molecule has 0 saturated carbocycles. The van der Waals surface area contributed by atoms with Crippen molar-refractivity contribution in [3.8, 4) is 11.4 Å². The number of piperazine rings is 1. The zero-order chi connectivity index (χ0) is 18.6. The van der Waals surface area contributed by atoms with E-state index in [2.05, 4.69) is 19.2 Å². The van der Waals surface area contributed by atoms with Gasteiger partial charge in [0, 0.05) is 54.8 Å². The van der Waals surface area contributed by atoms with Crippen LogP contribution in [0.5, 0.6) is 0 Å². The summed E-state index contributed by atoms with van der Waals surface area (Å²) in [6.07, 6.45) is 0.742. The van der Waals surface area contributed by atoms with Crippen molar-refractivity contribution < 1.29 is 4.39 Å². The van der Waals surface area contributed by atoms with E-state index in [0.717, 1.165) is 61.2 Å². The molecule has 2 heterocycles. The highest BCUT2D eigenvalue weighted by molar-refractivity contribution is 7.09. The van der Waals surface area contributed by atoms with E-state index in [1.807, 2.05) is 36.4 Å². The zero-order valence-electron chi connectivity index (χ0n) is 14.8. The van der Waals surface area contributed by atoms with E-state index in [1.54, 1.807) is 6.07 Å². The summed E-state index contributed by atoms with van der Waals surface area (Å²) in [5.74, 6) is 0.633. The van der Waals surface area contributed by atoms with Crippen LogP contribution < -0.4 is 4.90 Å². The van der Waals surface area contributed by atoms with Crippen molar-refractivity contribution in [2.75, 3.05) is 37.6 Å². The lowest BCUT2D eigenvalue weighted by Gasteiger charge is -2.34. The number of nitrogens with zero attached hydrogens (tertiary/aromatic N) is 4. The van der Waals surface area contributed by atoms with Gasteiger partial charge >= 0.3 is 0 Å². The van der Waals surface area contributed by atoms with Gasteiger partial charge in [-0.1, -0.05) is 29.8 Å². The molecule has 0 unspecified atom stereocenters. The molecule has 0 atom stereocenters. The SMILES string of the molecule is Fc1ccccc1CCN1CCN(c2nc(-c3ccc(Cl)cc3)ns2)CC1. The number of halogens is 2. The van der Waals surface area contributed by atoms with Crippen molar-refractivity contribution in [1.82, 2.24) is 14.3 Å². The van der Waals surface area contributed by atoms with E-state index in [-0.39, 0.29) is 5.82 Å². The number of hydrogen-bond donors (Lipinski definition) is 0. The molecule has 1 aliphatic rings. The predicted molar refractivity (Wildman–Crippen MR) is 109 cm³/mol. The van der Waals surface area contributed by atoms with Crippen LogP contribution >= 0.6 is 23.1 Å². The van der Waals surface area contributed by atoms with Crippen molar-refractivity contribution in [2.24, 2.45) is 0 Å². The normalized spacial score (nSPS) is 15.3. The molecule has 0 spiro atoms. The molecular formula is C20H20ClFN4S. The van der Waals surface area contributed by atoms with Gasteiger partial charge in [-0.25, -0.2) is 4.39 Å².